The fourth-order valence-electron chi connectivity index (χ4n) is 1.58. The second kappa shape index (κ2) is 6.89. The van der Waals surface area contributed by atoms with Gasteiger partial charge in [0.15, 0.2) is 0 Å². The van der Waals surface area contributed by atoms with Gasteiger partial charge in [0.05, 0.1) is 11.6 Å². The van der Waals surface area contributed by atoms with Crippen molar-refractivity contribution in [2.24, 2.45) is 0 Å². The maximum atomic E-state index is 5.97. The van der Waals surface area contributed by atoms with Crippen LogP contribution < -0.4 is 0 Å². The zero-order valence-corrected chi connectivity index (χ0v) is 10.5. The second-order valence-corrected chi connectivity index (χ2v) is 4.72. The smallest absolute Gasteiger partial charge is 0.0588 e. The molecule has 0 aliphatic rings. The molecule has 0 fully saturated rings. The normalized spacial score (nSPS) is 13.0. The van der Waals surface area contributed by atoms with Gasteiger partial charge in [0.1, 0.15) is 0 Å². The first-order valence-corrected chi connectivity index (χ1v) is 6.34. The lowest BCUT2D eigenvalue weighted by Crippen LogP contribution is -1.98. The Balaban J connectivity index is 2.20. The molecule has 0 saturated heterocycles. The van der Waals surface area contributed by atoms with Crippen LogP contribution in [0.5, 0.6) is 0 Å². The first-order chi connectivity index (χ1) is 7.24. The van der Waals surface area contributed by atoms with E-state index in [2.05, 4.69) is 18.2 Å². The summed E-state index contributed by atoms with van der Waals surface area (Å²) in [6.45, 7) is 5.24. The van der Waals surface area contributed by atoms with Crippen LogP contribution in [-0.2, 0) is 6.54 Å². The molecule has 1 aromatic heterocycles. The fourth-order valence-corrected chi connectivity index (χ4v) is 1.70. The predicted molar refractivity (Wildman–Crippen MR) is 65.3 cm³/mol. The summed E-state index contributed by atoms with van der Waals surface area (Å²) in [6, 6.07) is 0. The van der Waals surface area contributed by atoms with E-state index in [0.717, 1.165) is 12.1 Å². The van der Waals surface area contributed by atoms with Crippen LogP contribution in [0.4, 0.5) is 0 Å². The second-order valence-electron chi connectivity index (χ2n) is 4.07. The zero-order chi connectivity index (χ0) is 11.1. The number of aromatic nitrogens is 2. The molecule has 15 heavy (non-hydrogen) atoms. The maximum Gasteiger partial charge on any atom is 0.0588 e. The summed E-state index contributed by atoms with van der Waals surface area (Å²) >= 11 is 5.97. The molecule has 0 radical (unpaired) electrons. The molecule has 2 nitrogen and oxygen atoms in total. The Morgan fingerprint density at radius 1 is 1.33 bits per heavy atom. The third-order valence-electron chi connectivity index (χ3n) is 2.60. The summed E-state index contributed by atoms with van der Waals surface area (Å²) < 4.78 is 2.00. The number of rotatable bonds is 7. The highest BCUT2D eigenvalue weighted by molar-refractivity contribution is 6.20. The van der Waals surface area contributed by atoms with Gasteiger partial charge in [-0.1, -0.05) is 32.6 Å². The van der Waals surface area contributed by atoms with Crippen molar-refractivity contribution in [2.45, 2.75) is 57.9 Å². The molecule has 1 rings (SSSR count). The van der Waals surface area contributed by atoms with Gasteiger partial charge >= 0.3 is 0 Å². The number of nitrogens with zero attached hydrogens (tertiary/aromatic N) is 2. The molecule has 1 aromatic rings. The monoisotopic (exact) mass is 228 g/mol. The Morgan fingerprint density at radius 2 is 2.07 bits per heavy atom. The number of unbranched alkanes of at least 4 members (excludes halogenated alkanes) is 4. The van der Waals surface area contributed by atoms with Crippen molar-refractivity contribution in [3.05, 3.63) is 18.0 Å². The Hall–Kier alpha value is -0.500. The first-order valence-electron chi connectivity index (χ1n) is 5.90. The van der Waals surface area contributed by atoms with Crippen LogP contribution in [0.1, 0.15) is 56.9 Å². The van der Waals surface area contributed by atoms with Gasteiger partial charge in [-0.25, -0.2) is 0 Å². The highest BCUT2D eigenvalue weighted by Gasteiger charge is 2.03. The van der Waals surface area contributed by atoms with Gasteiger partial charge in [-0.2, -0.15) is 5.10 Å². The highest BCUT2D eigenvalue weighted by atomic mass is 35.5. The van der Waals surface area contributed by atoms with E-state index in [0.29, 0.717) is 0 Å². The summed E-state index contributed by atoms with van der Waals surface area (Å²) in [4.78, 5) is 0. The van der Waals surface area contributed by atoms with Gasteiger partial charge in [0.2, 0.25) is 0 Å². The van der Waals surface area contributed by atoms with Crippen LogP contribution in [0.15, 0.2) is 12.4 Å². The van der Waals surface area contributed by atoms with E-state index in [9.17, 15) is 0 Å². The number of hydrogen-bond donors (Lipinski definition) is 0. The third-order valence-corrected chi connectivity index (χ3v) is 2.86. The van der Waals surface area contributed by atoms with Gasteiger partial charge < -0.3 is 0 Å². The number of alkyl halides is 1. The molecule has 1 unspecified atom stereocenters. The molecule has 0 aromatic carbocycles. The van der Waals surface area contributed by atoms with Gasteiger partial charge in [-0.05, 0) is 13.3 Å². The molecule has 0 N–H and O–H groups in total. The lowest BCUT2D eigenvalue weighted by molar-refractivity contribution is 0.533. The number of hydrogen-bond acceptors (Lipinski definition) is 1. The minimum Gasteiger partial charge on any atom is -0.272 e. The largest absolute Gasteiger partial charge is 0.272 e. The molecule has 0 saturated carbocycles. The molecule has 1 atom stereocenters. The average Bonchev–Trinajstić information content (AvgIpc) is 2.66. The molecule has 0 spiro atoms. The summed E-state index contributed by atoms with van der Waals surface area (Å²) in [5.74, 6) is 0. The predicted octanol–water partition coefficient (Wildman–Crippen LogP) is 4.15. The lowest BCUT2D eigenvalue weighted by atomic mass is 10.1. The van der Waals surface area contributed by atoms with E-state index in [-0.39, 0.29) is 5.38 Å². The van der Waals surface area contributed by atoms with Gasteiger partial charge in [0.25, 0.3) is 0 Å². The van der Waals surface area contributed by atoms with Crippen molar-refractivity contribution in [2.75, 3.05) is 0 Å². The molecule has 0 amide bonds. The fraction of sp³-hybridized carbons (Fsp3) is 0.750. The summed E-state index contributed by atoms with van der Waals surface area (Å²) in [6.07, 6.45) is 10.4. The Kier molecular flexibility index (Phi) is 5.77. The van der Waals surface area contributed by atoms with Gasteiger partial charge in [-0.15, -0.1) is 11.6 Å². The van der Waals surface area contributed by atoms with E-state index in [1.807, 2.05) is 17.8 Å². The SMILES string of the molecule is CCCCCCCn1cc(C(C)Cl)cn1. The highest BCUT2D eigenvalue weighted by Crippen LogP contribution is 2.18. The average molecular weight is 229 g/mol. The van der Waals surface area contributed by atoms with Gasteiger partial charge in [-0.3, -0.25) is 4.68 Å². The molecular formula is C12H21ClN2. The summed E-state index contributed by atoms with van der Waals surface area (Å²) in [5, 5.41) is 4.36. The number of halogens is 1. The Morgan fingerprint density at radius 3 is 2.67 bits per heavy atom. The van der Waals surface area contributed by atoms with Crippen LogP contribution in [-0.4, -0.2) is 9.78 Å². The number of aryl methyl sites for hydroxylation is 1. The quantitative estimate of drug-likeness (QED) is 0.506. The van der Waals surface area contributed by atoms with Crippen molar-refractivity contribution in [1.82, 2.24) is 9.78 Å². The lowest BCUT2D eigenvalue weighted by Gasteiger charge is -2.01. The van der Waals surface area contributed by atoms with Crippen molar-refractivity contribution < 1.29 is 0 Å². The molecule has 3 heteroatoms. The molecule has 0 bridgehead atoms. The van der Waals surface area contributed by atoms with Crippen LogP contribution in [0.3, 0.4) is 0 Å². The minimum atomic E-state index is 0.0684. The third kappa shape index (κ3) is 4.70. The first kappa shape index (κ1) is 12.6. The topological polar surface area (TPSA) is 17.8 Å². The Bertz CT molecular complexity index is 268. The van der Waals surface area contributed by atoms with Crippen molar-refractivity contribution in [3.63, 3.8) is 0 Å². The summed E-state index contributed by atoms with van der Waals surface area (Å²) in [5.41, 5.74) is 1.12. The van der Waals surface area contributed by atoms with Crippen LogP contribution in [0.25, 0.3) is 0 Å². The van der Waals surface area contributed by atoms with Crippen LogP contribution >= 0.6 is 11.6 Å². The molecular weight excluding hydrogens is 208 g/mol. The molecule has 0 aliphatic heterocycles. The zero-order valence-electron chi connectivity index (χ0n) is 9.75. The van der Waals surface area contributed by atoms with E-state index < -0.39 is 0 Å². The Labute approximate surface area is 97.6 Å². The molecule has 0 aliphatic carbocycles. The summed E-state index contributed by atoms with van der Waals surface area (Å²) in [7, 11) is 0. The molecule has 1 heterocycles. The van der Waals surface area contributed by atoms with Crippen LogP contribution in [0.2, 0.25) is 0 Å². The van der Waals surface area contributed by atoms with E-state index in [4.69, 9.17) is 11.6 Å². The minimum absolute atomic E-state index is 0.0684. The van der Waals surface area contributed by atoms with Crippen molar-refractivity contribution in [3.8, 4) is 0 Å². The van der Waals surface area contributed by atoms with E-state index in [1.165, 1.54) is 32.1 Å². The standard InChI is InChI=1S/C12H21ClN2/c1-3-4-5-6-7-8-15-10-12(9-14-15)11(2)13/h9-11H,3-8H2,1-2H3. The van der Waals surface area contributed by atoms with E-state index >= 15 is 0 Å². The molecule has 86 valence electrons. The maximum absolute atomic E-state index is 5.97. The van der Waals surface area contributed by atoms with Crippen molar-refractivity contribution >= 4 is 11.6 Å². The van der Waals surface area contributed by atoms with Gasteiger partial charge in [0, 0.05) is 18.3 Å². The van der Waals surface area contributed by atoms with Crippen molar-refractivity contribution in [1.29, 1.82) is 0 Å². The van der Waals surface area contributed by atoms with E-state index in [1.54, 1.807) is 0 Å². The van der Waals surface area contributed by atoms with Crippen LogP contribution in [0, 0.1) is 0 Å².